The molecule has 1 aromatic rings. The molecular formula is C11H17NO5S. The van der Waals surface area contributed by atoms with Crippen LogP contribution in [0.1, 0.15) is 5.56 Å². The van der Waals surface area contributed by atoms with Gasteiger partial charge in [-0.2, -0.15) is 0 Å². The molecule has 0 aromatic heterocycles. The second-order valence-corrected chi connectivity index (χ2v) is 5.45. The van der Waals surface area contributed by atoms with Crippen molar-refractivity contribution >= 4 is 10.0 Å². The Balaban J connectivity index is 3.09. The molecule has 0 atom stereocenters. The van der Waals surface area contributed by atoms with E-state index in [1.54, 1.807) is 12.1 Å². The molecule has 1 aromatic carbocycles. The van der Waals surface area contributed by atoms with Crippen molar-refractivity contribution in [3.8, 4) is 17.2 Å². The van der Waals surface area contributed by atoms with E-state index in [0.717, 1.165) is 6.26 Å². The minimum atomic E-state index is -3.26. The quantitative estimate of drug-likeness (QED) is 0.829. The first kappa shape index (κ1) is 14.6. The average molecular weight is 275 g/mol. The number of ether oxygens (including phenoxy) is 3. The molecule has 0 radical (unpaired) electrons. The van der Waals surface area contributed by atoms with Crippen LogP contribution < -0.4 is 18.9 Å². The van der Waals surface area contributed by atoms with Crippen molar-refractivity contribution in [1.82, 2.24) is 4.72 Å². The SMILES string of the molecule is COc1cc(OC)c(OC)cc1CNS(C)(=O)=O. The lowest BCUT2D eigenvalue weighted by Crippen LogP contribution is -2.21. The first-order chi connectivity index (χ1) is 8.41. The van der Waals surface area contributed by atoms with Gasteiger partial charge >= 0.3 is 0 Å². The standard InChI is InChI=1S/C11H17NO5S/c1-15-9-6-11(17-3)10(16-2)5-8(9)7-12-18(4,13)14/h5-6,12H,7H2,1-4H3. The van der Waals surface area contributed by atoms with Crippen molar-refractivity contribution in [3.05, 3.63) is 17.7 Å². The van der Waals surface area contributed by atoms with E-state index >= 15 is 0 Å². The number of benzene rings is 1. The second-order valence-electron chi connectivity index (χ2n) is 3.61. The molecule has 1 N–H and O–H groups in total. The molecule has 0 spiro atoms. The number of hydrogen-bond donors (Lipinski definition) is 1. The highest BCUT2D eigenvalue weighted by molar-refractivity contribution is 7.88. The lowest BCUT2D eigenvalue weighted by atomic mass is 10.1. The third kappa shape index (κ3) is 3.78. The van der Waals surface area contributed by atoms with Crippen LogP contribution in [0.15, 0.2) is 12.1 Å². The lowest BCUT2D eigenvalue weighted by molar-refractivity contribution is 0.347. The first-order valence-electron chi connectivity index (χ1n) is 5.14. The van der Waals surface area contributed by atoms with Crippen molar-refractivity contribution in [3.63, 3.8) is 0 Å². The maximum Gasteiger partial charge on any atom is 0.209 e. The van der Waals surface area contributed by atoms with Crippen molar-refractivity contribution in [2.45, 2.75) is 6.54 Å². The zero-order valence-electron chi connectivity index (χ0n) is 10.8. The van der Waals surface area contributed by atoms with Crippen molar-refractivity contribution < 1.29 is 22.6 Å². The van der Waals surface area contributed by atoms with E-state index in [1.165, 1.54) is 21.3 Å². The van der Waals surface area contributed by atoms with Crippen LogP contribution in [0.5, 0.6) is 17.2 Å². The van der Waals surface area contributed by atoms with Crippen LogP contribution in [-0.4, -0.2) is 36.0 Å². The molecule has 0 fully saturated rings. The smallest absolute Gasteiger partial charge is 0.209 e. The highest BCUT2D eigenvalue weighted by Crippen LogP contribution is 2.34. The van der Waals surface area contributed by atoms with Crippen molar-refractivity contribution in [1.29, 1.82) is 0 Å². The van der Waals surface area contributed by atoms with Crippen LogP contribution in [0.3, 0.4) is 0 Å². The highest BCUT2D eigenvalue weighted by Gasteiger charge is 2.12. The molecule has 0 saturated carbocycles. The lowest BCUT2D eigenvalue weighted by Gasteiger charge is -2.14. The molecule has 0 heterocycles. The monoisotopic (exact) mass is 275 g/mol. The summed E-state index contributed by atoms with van der Waals surface area (Å²) in [5.74, 6) is 1.57. The van der Waals surface area contributed by atoms with Gasteiger partial charge in [-0.25, -0.2) is 13.1 Å². The number of hydrogen-bond acceptors (Lipinski definition) is 5. The van der Waals surface area contributed by atoms with Gasteiger partial charge in [0.05, 0.1) is 27.6 Å². The summed E-state index contributed by atoms with van der Waals surface area (Å²) in [5.41, 5.74) is 0.667. The minimum absolute atomic E-state index is 0.127. The van der Waals surface area contributed by atoms with Crippen LogP contribution in [0, 0.1) is 0 Å². The van der Waals surface area contributed by atoms with E-state index in [4.69, 9.17) is 14.2 Å². The molecular weight excluding hydrogens is 258 g/mol. The normalized spacial score (nSPS) is 11.1. The molecule has 0 unspecified atom stereocenters. The fourth-order valence-corrected chi connectivity index (χ4v) is 1.86. The van der Waals surface area contributed by atoms with Crippen LogP contribution in [-0.2, 0) is 16.6 Å². The van der Waals surface area contributed by atoms with Gasteiger partial charge in [-0.05, 0) is 6.07 Å². The largest absolute Gasteiger partial charge is 0.496 e. The molecule has 0 saturated heterocycles. The Morgan fingerprint density at radius 2 is 1.50 bits per heavy atom. The third-order valence-electron chi connectivity index (χ3n) is 2.31. The molecule has 0 aliphatic rings. The fraction of sp³-hybridized carbons (Fsp3) is 0.455. The Labute approximate surface area is 107 Å². The van der Waals surface area contributed by atoms with Gasteiger partial charge in [0.15, 0.2) is 11.5 Å². The maximum absolute atomic E-state index is 11.1. The zero-order valence-corrected chi connectivity index (χ0v) is 11.6. The van der Waals surface area contributed by atoms with Crippen molar-refractivity contribution in [2.24, 2.45) is 0 Å². The molecule has 1 rings (SSSR count). The summed E-state index contributed by atoms with van der Waals surface area (Å²) < 4.78 is 40.0. The molecule has 0 aliphatic carbocycles. The van der Waals surface area contributed by atoms with Crippen molar-refractivity contribution in [2.75, 3.05) is 27.6 Å². The predicted molar refractivity (Wildman–Crippen MR) is 67.8 cm³/mol. The fourth-order valence-electron chi connectivity index (χ4n) is 1.44. The van der Waals surface area contributed by atoms with Gasteiger partial charge in [-0.3, -0.25) is 0 Å². The van der Waals surface area contributed by atoms with Gasteiger partial charge in [-0.15, -0.1) is 0 Å². The van der Waals surface area contributed by atoms with Crippen LogP contribution in [0.2, 0.25) is 0 Å². The Morgan fingerprint density at radius 3 is 1.94 bits per heavy atom. The van der Waals surface area contributed by atoms with Crippen LogP contribution >= 0.6 is 0 Å². The summed E-state index contributed by atoms with van der Waals surface area (Å²) in [5, 5.41) is 0. The van der Waals surface area contributed by atoms with Crippen LogP contribution in [0.25, 0.3) is 0 Å². The topological polar surface area (TPSA) is 73.9 Å². The minimum Gasteiger partial charge on any atom is -0.496 e. The molecule has 0 bridgehead atoms. The second kappa shape index (κ2) is 5.92. The summed E-state index contributed by atoms with van der Waals surface area (Å²) >= 11 is 0. The maximum atomic E-state index is 11.1. The number of nitrogens with one attached hydrogen (secondary N) is 1. The van der Waals surface area contributed by atoms with Gasteiger partial charge in [0.1, 0.15) is 5.75 Å². The molecule has 7 heteroatoms. The molecule has 6 nitrogen and oxygen atoms in total. The summed E-state index contributed by atoms with van der Waals surface area (Å²) in [6.07, 6.45) is 1.10. The Morgan fingerprint density at radius 1 is 1.00 bits per heavy atom. The third-order valence-corrected chi connectivity index (χ3v) is 2.98. The summed E-state index contributed by atoms with van der Waals surface area (Å²) in [6.45, 7) is 0.127. The number of methoxy groups -OCH3 is 3. The zero-order chi connectivity index (χ0) is 13.8. The van der Waals surface area contributed by atoms with E-state index in [-0.39, 0.29) is 6.54 Å². The average Bonchev–Trinajstić information content (AvgIpc) is 2.34. The summed E-state index contributed by atoms with van der Waals surface area (Å²) in [7, 11) is 1.28. The molecule has 102 valence electrons. The Hall–Kier alpha value is -1.47. The predicted octanol–water partition coefficient (Wildman–Crippen LogP) is 0.762. The Kier molecular flexibility index (Phi) is 4.80. The highest BCUT2D eigenvalue weighted by atomic mass is 32.2. The van der Waals surface area contributed by atoms with E-state index in [1.807, 2.05) is 0 Å². The molecule has 0 aliphatic heterocycles. The number of rotatable bonds is 6. The Bertz CT molecular complexity index is 512. The van der Waals surface area contributed by atoms with E-state index in [0.29, 0.717) is 22.8 Å². The van der Waals surface area contributed by atoms with Gasteiger partial charge in [-0.1, -0.05) is 0 Å². The van der Waals surface area contributed by atoms with E-state index in [2.05, 4.69) is 4.72 Å². The first-order valence-corrected chi connectivity index (χ1v) is 7.04. The molecule has 18 heavy (non-hydrogen) atoms. The number of sulfonamides is 1. The van der Waals surface area contributed by atoms with Gasteiger partial charge in [0.25, 0.3) is 0 Å². The summed E-state index contributed by atoms with van der Waals surface area (Å²) in [4.78, 5) is 0. The van der Waals surface area contributed by atoms with E-state index in [9.17, 15) is 8.42 Å². The van der Waals surface area contributed by atoms with Gasteiger partial charge < -0.3 is 14.2 Å². The van der Waals surface area contributed by atoms with Gasteiger partial charge in [0, 0.05) is 18.2 Å². The molecule has 0 amide bonds. The van der Waals surface area contributed by atoms with Crippen LogP contribution in [0.4, 0.5) is 0 Å². The van der Waals surface area contributed by atoms with E-state index < -0.39 is 10.0 Å². The summed E-state index contributed by atoms with van der Waals surface area (Å²) in [6, 6.07) is 3.33. The van der Waals surface area contributed by atoms with Gasteiger partial charge in [0.2, 0.25) is 10.0 Å².